The highest BCUT2D eigenvalue weighted by molar-refractivity contribution is 7.21. The molecule has 19 heavy (non-hydrogen) atoms. The number of thiophene rings is 1. The second kappa shape index (κ2) is 5.05. The lowest BCUT2D eigenvalue weighted by molar-refractivity contribution is 0.115. The van der Waals surface area contributed by atoms with Gasteiger partial charge in [-0.15, -0.1) is 22.7 Å². The van der Waals surface area contributed by atoms with Gasteiger partial charge >= 0.3 is 0 Å². The van der Waals surface area contributed by atoms with Gasteiger partial charge in [0.15, 0.2) is 0 Å². The number of ether oxygens (including phenoxy) is 1. The quantitative estimate of drug-likeness (QED) is 0.776. The molecule has 0 spiro atoms. The van der Waals surface area contributed by atoms with Crippen LogP contribution in [-0.2, 0) is 0 Å². The number of hydrogen-bond acceptors (Lipinski definition) is 6. The number of aromatic nitrogens is 1. The molecular weight excluding hydrogens is 280 g/mol. The smallest absolute Gasteiger partial charge is 0.129 e. The molecule has 4 nitrogen and oxygen atoms in total. The van der Waals surface area contributed by atoms with Crippen molar-refractivity contribution in [1.29, 1.82) is 0 Å². The molecule has 6 heteroatoms. The first-order chi connectivity index (χ1) is 9.19. The molecule has 0 saturated heterocycles. The minimum absolute atomic E-state index is 0.203. The lowest BCUT2D eigenvalue weighted by atomic mass is 10.2. The van der Waals surface area contributed by atoms with E-state index in [4.69, 9.17) is 10.5 Å². The predicted molar refractivity (Wildman–Crippen MR) is 80.3 cm³/mol. The van der Waals surface area contributed by atoms with Gasteiger partial charge in [-0.05, 0) is 18.4 Å². The summed E-state index contributed by atoms with van der Waals surface area (Å²) in [5.74, 6) is 0.792. The fourth-order valence-electron chi connectivity index (χ4n) is 1.96. The van der Waals surface area contributed by atoms with Crippen LogP contribution >= 0.6 is 22.7 Å². The normalized spacial score (nSPS) is 13.2. The van der Waals surface area contributed by atoms with Gasteiger partial charge in [0.25, 0.3) is 0 Å². The van der Waals surface area contributed by atoms with E-state index >= 15 is 0 Å². The number of aliphatic hydroxyl groups is 1. The van der Waals surface area contributed by atoms with E-state index in [1.54, 1.807) is 22.7 Å². The van der Waals surface area contributed by atoms with E-state index in [2.05, 4.69) is 4.98 Å². The third-order valence-electron chi connectivity index (χ3n) is 2.87. The summed E-state index contributed by atoms with van der Waals surface area (Å²) in [6.07, 6.45) is -0.632. The summed E-state index contributed by atoms with van der Waals surface area (Å²) >= 11 is 3.31. The lowest BCUT2D eigenvalue weighted by Crippen LogP contribution is -2.26. The van der Waals surface area contributed by atoms with Gasteiger partial charge in [-0.3, -0.25) is 0 Å². The van der Waals surface area contributed by atoms with Crippen molar-refractivity contribution in [2.75, 3.05) is 13.2 Å². The molecule has 0 bridgehead atoms. The van der Waals surface area contributed by atoms with Crippen LogP contribution in [0.15, 0.2) is 17.5 Å². The average molecular weight is 294 g/mol. The van der Waals surface area contributed by atoms with Gasteiger partial charge in [0, 0.05) is 18.0 Å². The van der Waals surface area contributed by atoms with Gasteiger partial charge in [-0.25, -0.2) is 4.98 Å². The number of rotatable bonds is 4. The molecule has 3 aromatic rings. The highest BCUT2D eigenvalue weighted by Crippen LogP contribution is 2.38. The monoisotopic (exact) mass is 294 g/mol. The molecule has 0 aliphatic heterocycles. The summed E-state index contributed by atoms with van der Waals surface area (Å²) in [6, 6.07) is 4.02. The molecule has 1 unspecified atom stereocenters. The van der Waals surface area contributed by atoms with Crippen LogP contribution in [-0.4, -0.2) is 29.3 Å². The standard InChI is InChI=1S/C13H14N2O2S2/c1-7-15-12-11(19-7)4-10(17-6-8(16)5-14)9-2-3-18-13(9)12/h2-4,8,16H,5-6,14H2,1H3. The molecule has 0 fully saturated rings. The number of thiazole rings is 1. The summed E-state index contributed by atoms with van der Waals surface area (Å²) in [5.41, 5.74) is 6.43. The van der Waals surface area contributed by atoms with E-state index in [0.717, 1.165) is 31.1 Å². The molecule has 0 aliphatic carbocycles. The molecule has 2 aromatic heterocycles. The number of aryl methyl sites for hydroxylation is 1. The van der Waals surface area contributed by atoms with Crippen LogP contribution in [0.2, 0.25) is 0 Å². The Hall–Kier alpha value is -1.21. The molecule has 1 aromatic carbocycles. The minimum atomic E-state index is -0.632. The van der Waals surface area contributed by atoms with E-state index in [1.807, 2.05) is 24.4 Å². The molecule has 1 atom stereocenters. The molecule has 2 heterocycles. The van der Waals surface area contributed by atoms with Crippen LogP contribution < -0.4 is 10.5 Å². The van der Waals surface area contributed by atoms with Crippen LogP contribution in [0.5, 0.6) is 5.75 Å². The zero-order chi connectivity index (χ0) is 13.4. The maximum atomic E-state index is 9.50. The number of aliphatic hydroxyl groups excluding tert-OH is 1. The molecule has 0 radical (unpaired) electrons. The van der Waals surface area contributed by atoms with E-state index in [-0.39, 0.29) is 13.2 Å². The van der Waals surface area contributed by atoms with Crippen LogP contribution in [0.4, 0.5) is 0 Å². The van der Waals surface area contributed by atoms with Gasteiger partial charge in [-0.1, -0.05) is 0 Å². The van der Waals surface area contributed by atoms with Crippen molar-refractivity contribution >= 4 is 43.0 Å². The van der Waals surface area contributed by atoms with E-state index in [0.29, 0.717) is 0 Å². The van der Waals surface area contributed by atoms with Crippen LogP contribution in [0.1, 0.15) is 5.01 Å². The summed E-state index contributed by atoms with van der Waals surface area (Å²) in [6.45, 7) is 2.42. The number of hydrogen-bond donors (Lipinski definition) is 2. The van der Waals surface area contributed by atoms with Crippen molar-refractivity contribution in [3.05, 3.63) is 22.5 Å². The third kappa shape index (κ3) is 2.32. The summed E-state index contributed by atoms with van der Waals surface area (Å²) in [4.78, 5) is 4.57. The van der Waals surface area contributed by atoms with E-state index < -0.39 is 6.10 Å². The van der Waals surface area contributed by atoms with Crippen molar-refractivity contribution in [2.24, 2.45) is 5.73 Å². The first kappa shape index (κ1) is 12.8. The lowest BCUT2D eigenvalue weighted by Gasteiger charge is -2.11. The molecule has 3 N–H and O–H groups in total. The van der Waals surface area contributed by atoms with Crippen molar-refractivity contribution in [1.82, 2.24) is 4.98 Å². The fraction of sp³-hybridized carbons (Fsp3) is 0.308. The highest BCUT2D eigenvalue weighted by Gasteiger charge is 2.13. The summed E-state index contributed by atoms with van der Waals surface area (Å²) < 4.78 is 7.96. The number of benzene rings is 1. The van der Waals surface area contributed by atoms with Gasteiger partial charge in [-0.2, -0.15) is 0 Å². The van der Waals surface area contributed by atoms with E-state index in [9.17, 15) is 5.11 Å². The van der Waals surface area contributed by atoms with Gasteiger partial charge in [0.2, 0.25) is 0 Å². The molecule has 100 valence electrons. The topological polar surface area (TPSA) is 68.4 Å². The number of nitrogens with two attached hydrogens (primary N) is 1. The van der Waals surface area contributed by atoms with Crippen molar-refractivity contribution in [3.8, 4) is 5.75 Å². The van der Waals surface area contributed by atoms with Crippen LogP contribution in [0, 0.1) is 6.92 Å². The second-order valence-corrected chi connectivity index (χ2v) is 6.47. The van der Waals surface area contributed by atoms with Crippen molar-refractivity contribution < 1.29 is 9.84 Å². The van der Waals surface area contributed by atoms with Gasteiger partial charge < -0.3 is 15.6 Å². The highest BCUT2D eigenvalue weighted by atomic mass is 32.1. The Labute approximate surface area is 118 Å². The Bertz CT molecular complexity index is 720. The fourth-order valence-corrected chi connectivity index (χ4v) is 3.79. The van der Waals surface area contributed by atoms with Gasteiger partial charge in [0.05, 0.1) is 19.9 Å². The molecule has 0 aliphatic rings. The maximum absolute atomic E-state index is 9.50. The Morgan fingerprint density at radius 2 is 2.37 bits per heavy atom. The SMILES string of the molecule is Cc1nc2c(cc(OCC(O)CN)c3ccsc32)s1. The molecular formula is C13H14N2O2S2. The zero-order valence-corrected chi connectivity index (χ0v) is 12.1. The third-order valence-corrected chi connectivity index (χ3v) is 4.71. The summed E-state index contributed by atoms with van der Waals surface area (Å²) in [7, 11) is 0. The Kier molecular flexibility index (Phi) is 3.40. The van der Waals surface area contributed by atoms with Crippen LogP contribution in [0.25, 0.3) is 20.3 Å². The maximum Gasteiger partial charge on any atom is 0.129 e. The van der Waals surface area contributed by atoms with E-state index in [1.165, 1.54) is 0 Å². The summed E-state index contributed by atoms with van der Waals surface area (Å²) in [5, 5.41) is 13.6. The number of nitrogens with zero attached hydrogens (tertiary/aromatic N) is 1. The Morgan fingerprint density at radius 1 is 1.53 bits per heavy atom. The van der Waals surface area contributed by atoms with Crippen molar-refractivity contribution in [3.63, 3.8) is 0 Å². The molecule has 0 amide bonds. The first-order valence-electron chi connectivity index (χ1n) is 5.97. The average Bonchev–Trinajstić information content (AvgIpc) is 3.00. The first-order valence-corrected chi connectivity index (χ1v) is 7.67. The van der Waals surface area contributed by atoms with Crippen LogP contribution in [0.3, 0.4) is 0 Å². The zero-order valence-electron chi connectivity index (χ0n) is 10.4. The minimum Gasteiger partial charge on any atom is -0.490 e. The molecule has 0 saturated carbocycles. The predicted octanol–water partition coefficient (Wildman–Crippen LogP) is 2.52. The second-order valence-electron chi connectivity index (χ2n) is 4.32. The number of fused-ring (bicyclic) bond motifs is 3. The largest absolute Gasteiger partial charge is 0.490 e. The van der Waals surface area contributed by atoms with Gasteiger partial charge in [0.1, 0.15) is 18.5 Å². The Morgan fingerprint density at radius 3 is 3.16 bits per heavy atom. The van der Waals surface area contributed by atoms with Crippen molar-refractivity contribution in [2.45, 2.75) is 13.0 Å². The molecule has 3 rings (SSSR count). The Balaban J connectivity index is 2.08.